The molecular weight excluding hydrogens is 385 g/mol. The molecule has 0 heterocycles. The number of carbonyl (C=O) groups is 1. The zero-order valence-electron chi connectivity index (χ0n) is 15.7. The maximum absolute atomic E-state index is 12.6. The summed E-state index contributed by atoms with van der Waals surface area (Å²) >= 11 is 12.0. The molecule has 0 saturated carbocycles. The predicted octanol–water partition coefficient (Wildman–Crippen LogP) is 5.46. The summed E-state index contributed by atoms with van der Waals surface area (Å²) in [5.74, 6) is 1.24. The lowest BCUT2D eigenvalue weighted by atomic mass is 10.1. The number of carbonyl (C=O) groups excluding carboxylic acids is 1. The third kappa shape index (κ3) is 5.91. The molecule has 0 aliphatic carbocycles. The molecule has 0 atom stereocenters. The predicted molar refractivity (Wildman–Crippen MR) is 111 cm³/mol. The maximum atomic E-state index is 12.6. The van der Waals surface area contributed by atoms with E-state index in [1.807, 2.05) is 32.0 Å². The highest BCUT2D eigenvalue weighted by atomic mass is 35.5. The molecule has 0 N–H and O–H groups in total. The molecule has 1 amide bonds. The lowest BCUT2D eigenvalue weighted by Gasteiger charge is -2.20. The Bertz CT molecular complexity index is 821. The molecule has 0 aliphatic rings. The van der Waals surface area contributed by atoms with E-state index in [2.05, 4.69) is 0 Å². The average Bonchev–Trinajstić information content (AvgIpc) is 2.66. The molecule has 144 valence electrons. The summed E-state index contributed by atoms with van der Waals surface area (Å²) in [6, 6.07) is 10.9. The van der Waals surface area contributed by atoms with Crippen molar-refractivity contribution in [1.82, 2.24) is 4.90 Å². The lowest BCUT2D eigenvalue weighted by molar-refractivity contribution is -0.126. The van der Waals surface area contributed by atoms with Crippen molar-refractivity contribution in [1.29, 1.82) is 0 Å². The molecule has 0 saturated heterocycles. The molecule has 27 heavy (non-hydrogen) atoms. The molecular formula is C21H23Cl2NO3. The first kappa shape index (κ1) is 21.1. The Morgan fingerprint density at radius 3 is 2.52 bits per heavy atom. The van der Waals surface area contributed by atoms with Crippen LogP contribution in [0.3, 0.4) is 0 Å². The van der Waals surface area contributed by atoms with Gasteiger partial charge in [0.2, 0.25) is 5.91 Å². The smallest absolute Gasteiger partial charge is 0.246 e. The van der Waals surface area contributed by atoms with Gasteiger partial charge in [-0.05, 0) is 55.3 Å². The summed E-state index contributed by atoms with van der Waals surface area (Å²) in [7, 11) is 1.60. The summed E-state index contributed by atoms with van der Waals surface area (Å²) < 4.78 is 10.9. The van der Waals surface area contributed by atoms with Crippen LogP contribution < -0.4 is 9.47 Å². The third-order valence-electron chi connectivity index (χ3n) is 3.96. The molecule has 2 aromatic carbocycles. The molecule has 2 aromatic rings. The monoisotopic (exact) mass is 407 g/mol. The van der Waals surface area contributed by atoms with Crippen LogP contribution in [0.1, 0.15) is 25.0 Å². The van der Waals surface area contributed by atoms with Crippen molar-refractivity contribution in [3.05, 3.63) is 63.6 Å². The molecule has 0 bridgehead atoms. The third-order valence-corrected chi connectivity index (χ3v) is 4.53. The van der Waals surface area contributed by atoms with Gasteiger partial charge in [-0.1, -0.05) is 35.3 Å². The van der Waals surface area contributed by atoms with E-state index in [0.29, 0.717) is 41.2 Å². The second-order valence-corrected chi connectivity index (χ2v) is 6.61. The zero-order chi connectivity index (χ0) is 19.8. The summed E-state index contributed by atoms with van der Waals surface area (Å²) in [4.78, 5) is 14.3. The first-order valence-corrected chi connectivity index (χ1v) is 9.45. The van der Waals surface area contributed by atoms with Gasteiger partial charge >= 0.3 is 0 Å². The van der Waals surface area contributed by atoms with Gasteiger partial charge in [-0.25, -0.2) is 0 Å². The quantitative estimate of drug-likeness (QED) is 0.545. The van der Waals surface area contributed by atoms with Crippen LogP contribution in [0.5, 0.6) is 11.5 Å². The molecule has 0 fully saturated rings. The fraction of sp³-hybridized carbons (Fsp3) is 0.286. The van der Waals surface area contributed by atoms with E-state index in [9.17, 15) is 4.79 Å². The number of amides is 1. The van der Waals surface area contributed by atoms with Crippen LogP contribution in [0.15, 0.2) is 42.5 Å². The fourth-order valence-corrected chi connectivity index (χ4v) is 3.03. The van der Waals surface area contributed by atoms with Gasteiger partial charge in [0.15, 0.2) is 11.5 Å². The number of ether oxygens (including phenoxy) is 2. The van der Waals surface area contributed by atoms with E-state index >= 15 is 0 Å². The first-order valence-electron chi connectivity index (χ1n) is 8.70. The van der Waals surface area contributed by atoms with Gasteiger partial charge in [-0.2, -0.15) is 0 Å². The molecule has 2 rings (SSSR count). The summed E-state index contributed by atoms with van der Waals surface area (Å²) in [6.07, 6.45) is 3.22. The number of nitrogens with zero attached hydrogens (tertiary/aromatic N) is 1. The van der Waals surface area contributed by atoms with Crippen LogP contribution in [-0.2, 0) is 11.3 Å². The van der Waals surface area contributed by atoms with Crippen LogP contribution in [0.2, 0.25) is 10.0 Å². The minimum Gasteiger partial charge on any atom is -0.493 e. The van der Waals surface area contributed by atoms with E-state index in [1.54, 1.807) is 36.3 Å². The Morgan fingerprint density at radius 2 is 1.89 bits per heavy atom. The number of methoxy groups -OCH3 is 1. The Labute approximate surface area is 170 Å². The number of hydrogen-bond acceptors (Lipinski definition) is 3. The zero-order valence-corrected chi connectivity index (χ0v) is 17.2. The minimum atomic E-state index is -0.101. The van der Waals surface area contributed by atoms with Crippen molar-refractivity contribution in [3.8, 4) is 11.5 Å². The van der Waals surface area contributed by atoms with Gasteiger partial charge in [-0.15, -0.1) is 0 Å². The van der Waals surface area contributed by atoms with Crippen LogP contribution in [0, 0.1) is 0 Å². The summed E-state index contributed by atoms with van der Waals surface area (Å²) in [5, 5.41) is 1.06. The molecule has 0 spiro atoms. The highest BCUT2D eigenvalue weighted by molar-refractivity contribution is 6.35. The van der Waals surface area contributed by atoms with Gasteiger partial charge in [0.25, 0.3) is 0 Å². The standard InChI is InChI=1S/C21H23Cl2NO3/c1-4-24(14-15-6-10-19(27-5-2)20(12-15)26-3)21(25)11-8-16-7-9-17(22)13-18(16)23/h6-13H,4-5,14H2,1-3H3/b11-8+. The number of halogens is 2. The molecule has 0 radical (unpaired) electrons. The number of likely N-dealkylation sites (N-methyl/N-ethyl adjacent to an activating group) is 1. The SMILES string of the molecule is CCOc1ccc(CN(CC)C(=O)/C=C/c2ccc(Cl)cc2Cl)cc1OC. The van der Waals surface area contributed by atoms with Crippen LogP contribution in [-0.4, -0.2) is 31.1 Å². The molecule has 6 heteroatoms. The second kappa shape index (κ2) is 10.2. The van der Waals surface area contributed by atoms with Crippen molar-refractivity contribution in [2.45, 2.75) is 20.4 Å². The van der Waals surface area contributed by atoms with E-state index in [0.717, 1.165) is 11.1 Å². The van der Waals surface area contributed by atoms with Crippen molar-refractivity contribution in [3.63, 3.8) is 0 Å². The van der Waals surface area contributed by atoms with Crippen molar-refractivity contribution < 1.29 is 14.3 Å². The van der Waals surface area contributed by atoms with E-state index in [-0.39, 0.29) is 5.91 Å². The normalized spacial score (nSPS) is 10.9. The number of rotatable bonds is 8. The van der Waals surface area contributed by atoms with E-state index < -0.39 is 0 Å². The van der Waals surface area contributed by atoms with Crippen LogP contribution in [0.25, 0.3) is 6.08 Å². The van der Waals surface area contributed by atoms with Crippen molar-refractivity contribution >= 4 is 35.2 Å². The van der Waals surface area contributed by atoms with Crippen molar-refractivity contribution in [2.24, 2.45) is 0 Å². The molecule has 0 unspecified atom stereocenters. The van der Waals surface area contributed by atoms with Gasteiger partial charge in [0.1, 0.15) is 0 Å². The highest BCUT2D eigenvalue weighted by Gasteiger charge is 2.12. The summed E-state index contributed by atoms with van der Waals surface area (Å²) in [5.41, 5.74) is 1.71. The summed E-state index contributed by atoms with van der Waals surface area (Å²) in [6.45, 7) is 5.47. The lowest BCUT2D eigenvalue weighted by Crippen LogP contribution is -2.28. The van der Waals surface area contributed by atoms with Gasteiger partial charge < -0.3 is 14.4 Å². The van der Waals surface area contributed by atoms with E-state index in [4.69, 9.17) is 32.7 Å². The average molecular weight is 408 g/mol. The van der Waals surface area contributed by atoms with Crippen LogP contribution in [0.4, 0.5) is 0 Å². The fourth-order valence-electron chi connectivity index (χ4n) is 2.55. The molecule has 0 aromatic heterocycles. The Morgan fingerprint density at radius 1 is 1.11 bits per heavy atom. The van der Waals surface area contributed by atoms with Crippen molar-refractivity contribution in [2.75, 3.05) is 20.3 Å². The molecule has 0 aliphatic heterocycles. The van der Waals surface area contributed by atoms with E-state index in [1.165, 1.54) is 6.08 Å². The first-order chi connectivity index (χ1) is 13.0. The minimum absolute atomic E-state index is 0.101. The number of hydrogen-bond donors (Lipinski definition) is 0. The van der Waals surface area contributed by atoms with Gasteiger partial charge in [-0.3, -0.25) is 4.79 Å². The maximum Gasteiger partial charge on any atom is 0.246 e. The topological polar surface area (TPSA) is 38.8 Å². The van der Waals surface area contributed by atoms with Gasteiger partial charge in [0.05, 0.1) is 13.7 Å². The highest BCUT2D eigenvalue weighted by Crippen LogP contribution is 2.28. The second-order valence-electron chi connectivity index (χ2n) is 5.77. The molecule has 4 nitrogen and oxygen atoms in total. The van der Waals surface area contributed by atoms with Gasteiger partial charge in [0, 0.05) is 29.2 Å². The Hall–Kier alpha value is -2.17. The Kier molecular flexibility index (Phi) is 8.01. The van der Waals surface area contributed by atoms with Crippen LogP contribution >= 0.6 is 23.2 Å². The largest absolute Gasteiger partial charge is 0.493 e. The Balaban J connectivity index is 2.11. The number of benzene rings is 2.